The van der Waals surface area contributed by atoms with E-state index in [1.165, 1.54) is 0 Å². The lowest BCUT2D eigenvalue weighted by Crippen LogP contribution is -2.75. The monoisotopic (exact) mass is 320 g/mol. The third kappa shape index (κ3) is 1.36. The molecule has 2 nitrogen and oxygen atoms in total. The van der Waals surface area contributed by atoms with Crippen molar-refractivity contribution in [1.29, 1.82) is 0 Å². The molecule has 0 N–H and O–H groups in total. The minimum Gasteiger partial charge on any atom is -0.416 e. The molecule has 2 fully saturated rings. The van der Waals surface area contributed by atoms with E-state index >= 15 is 0 Å². The zero-order chi connectivity index (χ0) is 15.8. The van der Waals surface area contributed by atoms with Crippen LogP contribution in [0.2, 0.25) is 0 Å². The minimum atomic E-state index is -6.46. The standard InChI is InChI=1S/C8H2F10O2/c9-2(10)3-19-5(13)1-4(11,12)6(14,15)7(16,17)8(5,18)20-3/h1H2. The van der Waals surface area contributed by atoms with Gasteiger partial charge in [-0.05, 0) is 0 Å². The van der Waals surface area contributed by atoms with Crippen LogP contribution in [0, 0.1) is 0 Å². The van der Waals surface area contributed by atoms with Crippen LogP contribution in [0.15, 0.2) is 12.0 Å². The van der Waals surface area contributed by atoms with Crippen molar-refractivity contribution < 1.29 is 53.4 Å². The maximum atomic E-state index is 13.7. The summed E-state index contributed by atoms with van der Waals surface area (Å²) in [5.41, 5.74) is 0. The van der Waals surface area contributed by atoms with E-state index in [1.807, 2.05) is 0 Å². The molecule has 12 heteroatoms. The molecule has 0 radical (unpaired) electrons. The van der Waals surface area contributed by atoms with Gasteiger partial charge >= 0.3 is 41.5 Å². The van der Waals surface area contributed by atoms with Crippen LogP contribution in [0.5, 0.6) is 0 Å². The molecule has 0 bridgehead atoms. The van der Waals surface area contributed by atoms with E-state index in [9.17, 15) is 43.9 Å². The van der Waals surface area contributed by atoms with E-state index in [0.29, 0.717) is 0 Å². The Kier molecular flexibility index (Phi) is 2.59. The first kappa shape index (κ1) is 15.0. The summed E-state index contributed by atoms with van der Waals surface area (Å²) in [4.78, 5) is 0. The van der Waals surface area contributed by atoms with Gasteiger partial charge in [0.25, 0.3) is 0 Å². The first-order chi connectivity index (χ1) is 8.72. The van der Waals surface area contributed by atoms with Crippen LogP contribution in [0.1, 0.15) is 6.42 Å². The highest BCUT2D eigenvalue weighted by Crippen LogP contribution is 2.67. The lowest BCUT2D eigenvalue weighted by atomic mass is 9.81. The number of alkyl halides is 8. The molecule has 1 aliphatic carbocycles. The van der Waals surface area contributed by atoms with Crippen molar-refractivity contribution in [1.82, 2.24) is 0 Å². The van der Waals surface area contributed by atoms with E-state index in [0.717, 1.165) is 0 Å². The molecule has 0 spiro atoms. The van der Waals surface area contributed by atoms with Crippen LogP contribution >= 0.6 is 0 Å². The Balaban J connectivity index is 2.66. The van der Waals surface area contributed by atoms with Gasteiger partial charge in [-0.2, -0.15) is 43.9 Å². The zero-order valence-corrected chi connectivity index (χ0v) is 8.80. The Morgan fingerprint density at radius 2 is 1.30 bits per heavy atom. The molecular weight excluding hydrogens is 318 g/mol. The fraction of sp³-hybridized carbons (Fsp3) is 0.750. The topological polar surface area (TPSA) is 18.5 Å². The summed E-state index contributed by atoms with van der Waals surface area (Å²) in [5.74, 6) is -31.5. The minimum absolute atomic E-state index is 2.50. The third-order valence-electron chi connectivity index (χ3n) is 2.83. The van der Waals surface area contributed by atoms with Crippen LogP contribution in [0.3, 0.4) is 0 Å². The van der Waals surface area contributed by atoms with Crippen molar-refractivity contribution in [2.75, 3.05) is 0 Å². The number of hydrogen-bond donors (Lipinski definition) is 0. The molecule has 1 saturated carbocycles. The second kappa shape index (κ2) is 3.45. The molecule has 0 amide bonds. The highest BCUT2D eigenvalue weighted by atomic mass is 19.3. The first-order valence-corrected chi connectivity index (χ1v) is 4.66. The summed E-state index contributed by atoms with van der Waals surface area (Å²) in [7, 11) is 0. The molecule has 0 aromatic rings. The fourth-order valence-electron chi connectivity index (χ4n) is 1.79. The van der Waals surface area contributed by atoms with E-state index in [2.05, 4.69) is 9.47 Å². The van der Waals surface area contributed by atoms with Crippen molar-refractivity contribution in [3.63, 3.8) is 0 Å². The van der Waals surface area contributed by atoms with Gasteiger partial charge < -0.3 is 9.47 Å². The average Bonchev–Trinajstić information content (AvgIpc) is 2.50. The lowest BCUT2D eigenvalue weighted by Gasteiger charge is -2.45. The predicted molar refractivity (Wildman–Crippen MR) is 38.5 cm³/mol. The van der Waals surface area contributed by atoms with Crippen molar-refractivity contribution >= 4 is 0 Å². The summed E-state index contributed by atoms with van der Waals surface area (Å²) < 4.78 is 136. The molecule has 2 atom stereocenters. The van der Waals surface area contributed by atoms with Crippen molar-refractivity contribution in [2.45, 2.75) is 35.9 Å². The van der Waals surface area contributed by atoms with Crippen molar-refractivity contribution in [3.05, 3.63) is 12.0 Å². The summed E-state index contributed by atoms with van der Waals surface area (Å²) in [5, 5.41) is 0. The third-order valence-corrected chi connectivity index (χ3v) is 2.83. The highest BCUT2D eigenvalue weighted by Gasteiger charge is 2.95. The Hall–Kier alpha value is -1.36. The van der Waals surface area contributed by atoms with Gasteiger partial charge in [0.1, 0.15) is 0 Å². The van der Waals surface area contributed by atoms with Gasteiger partial charge in [-0.15, -0.1) is 0 Å². The van der Waals surface area contributed by atoms with Crippen molar-refractivity contribution in [2.24, 2.45) is 0 Å². The van der Waals surface area contributed by atoms with E-state index in [4.69, 9.17) is 0 Å². The molecule has 1 saturated heterocycles. The molecule has 0 aromatic carbocycles. The molecule has 2 unspecified atom stereocenters. The summed E-state index contributed by atoms with van der Waals surface area (Å²) in [6, 6.07) is 0. The van der Waals surface area contributed by atoms with Gasteiger partial charge in [0.05, 0.1) is 6.42 Å². The normalized spacial score (nSPS) is 40.6. The van der Waals surface area contributed by atoms with Gasteiger partial charge in [-0.1, -0.05) is 0 Å². The first-order valence-electron chi connectivity index (χ1n) is 4.66. The Morgan fingerprint density at radius 3 is 1.75 bits per heavy atom. The van der Waals surface area contributed by atoms with Gasteiger partial charge in [0.2, 0.25) is 0 Å². The predicted octanol–water partition coefficient (Wildman–Crippen LogP) is 3.74. The summed E-state index contributed by atoms with van der Waals surface area (Å²) >= 11 is 0. The number of hydrogen-bond acceptors (Lipinski definition) is 2. The van der Waals surface area contributed by atoms with Crippen LogP contribution < -0.4 is 0 Å². The van der Waals surface area contributed by atoms with Crippen LogP contribution in [-0.4, -0.2) is 29.5 Å². The maximum absolute atomic E-state index is 13.7. The van der Waals surface area contributed by atoms with Gasteiger partial charge in [0, 0.05) is 0 Å². The zero-order valence-electron chi connectivity index (χ0n) is 8.80. The molecule has 116 valence electrons. The lowest BCUT2D eigenvalue weighted by molar-refractivity contribution is -0.446. The van der Waals surface area contributed by atoms with E-state index in [1.54, 1.807) is 0 Å². The Labute approximate surface area is 102 Å². The van der Waals surface area contributed by atoms with Gasteiger partial charge in [-0.3, -0.25) is 0 Å². The molecule has 1 aliphatic heterocycles. The van der Waals surface area contributed by atoms with Gasteiger partial charge in [-0.25, -0.2) is 0 Å². The number of rotatable bonds is 0. The second-order valence-electron chi connectivity index (χ2n) is 4.11. The Morgan fingerprint density at radius 1 is 0.800 bits per heavy atom. The number of fused-ring (bicyclic) bond motifs is 1. The molecule has 2 aliphatic rings. The van der Waals surface area contributed by atoms with E-state index < -0.39 is 47.9 Å². The largest absolute Gasteiger partial charge is 0.416 e. The smallest absolute Gasteiger partial charge is 0.391 e. The van der Waals surface area contributed by atoms with Crippen LogP contribution in [0.4, 0.5) is 43.9 Å². The summed E-state index contributed by atoms with van der Waals surface area (Å²) in [6.45, 7) is 0. The molecule has 2 rings (SSSR count). The van der Waals surface area contributed by atoms with Crippen LogP contribution in [0.25, 0.3) is 0 Å². The molecule has 1 heterocycles. The van der Waals surface area contributed by atoms with Crippen molar-refractivity contribution in [3.8, 4) is 0 Å². The number of ether oxygens (including phenoxy) is 2. The van der Waals surface area contributed by atoms with Gasteiger partial charge in [0.15, 0.2) is 0 Å². The maximum Gasteiger partial charge on any atom is 0.391 e. The molecule has 0 aromatic heterocycles. The molecular formula is C8H2F10O2. The summed E-state index contributed by atoms with van der Waals surface area (Å²) in [6.07, 6.45) is -6.12. The van der Waals surface area contributed by atoms with E-state index in [-0.39, 0.29) is 0 Å². The number of halogens is 10. The SMILES string of the molecule is FC(F)=C1OC2(F)CC(F)(F)C(F)(F)C(F)(F)C2(F)O1. The average molecular weight is 320 g/mol. The molecule has 20 heavy (non-hydrogen) atoms. The fourth-order valence-corrected chi connectivity index (χ4v) is 1.79. The Bertz CT molecular complexity index is 484. The highest BCUT2D eigenvalue weighted by molar-refractivity contribution is 5.20. The quantitative estimate of drug-likeness (QED) is 0.633. The second-order valence-corrected chi connectivity index (χ2v) is 4.11. The van der Waals surface area contributed by atoms with Crippen LogP contribution in [-0.2, 0) is 9.47 Å².